The van der Waals surface area contributed by atoms with Gasteiger partial charge in [0.25, 0.3) is 5.91 Å². The molecule has 10 heteroatoms. The minimum atomic E-state index is -2.22. The van der Waals surface area contributed by atoms with Crippen molar-refractivity contribution in [2.24, 2.45) is 0 Å². The Kier molecular flexibility index (Phi) is 9.00. The standard InChI is InChI=1S/C29H35N3O7/c1-7-29(31-27(36)39-28(3,4)5,26(35)38-18-20-13-9-8-10-14-20)25(34)32(19(2)24(33)37-6)23-17-30-22-16-12-11-15-21(22)23/h8-17,19,30H,7,18H2,1-6H3,(H,31,36)/t19?,29-/m1/s1. The van der Waals surface area contributed by atoms with Crippen molar-refractivity contribution in [2.45, 2.75) is 64.8 Å². The molecule has 39 heavy (non-hydrogen) atoms. The van der Waals surface area contributed by atoms with Crippen LogP contribution in [0.25, 0.3) is 10.9 Å². The summed E-state index contributed by atoms with van der Waals surface area (Å²) in [4.78, 5) is 58.2. The van der Waals surface area contributed by atoms with Crippen LogP contribution in [0.4, 0.5) is 10.5 Å². The number of H-pyrrole nitrogens is 1. The second-order valence-corrected chi connectivity index (χ2v) is 10.0. The zero-order valence-electron chi connectivity index (χ0n) is 23.1. The van der Waals surface area contributed by atoms with Gasteiger partial charge < -0.3 is 19.2 Å². The van der Waals surface area contributed by atoms with Gasteiger partial charge in [0.05, 0.1) is 12.8 Å². The number of aromatic nitrogens is 1. The maximum atomic E-state index is 14.5. The first-order chi connectivity index (χ1) is 18.4. The quantitative estimate of drug-likeness (QED) is 0.234. The summed E-state index contributed by atoms with van der Waals surface area (Å²) >= 11 is 0. The maximum Gasteiger partial charge on any atom is 0.408 e. The van der Waals surface area contributed by atoms with Gasteiger partial charge in [-0.05, 0) is 45.7 Å². The van der Waals surface area contributed by atoms with E-state index in [1.807, 2.05) is 18.2 Å². The van der Waals surface area contributed by atoms with Crippen LogP contribution in [0.3, 0.4) is 0 Å². The summed E-state index contributed by atoms with van der Waals surface area (Å²) in [5, 5.41) is 3.11. The Labute approximate surface area is 227 Å². The molecule has 0 aliphatic rings. The number of alkyl carbamates (subject to hydrolysis) is 1. The molecule has 0 aliphatic heterocycles. The molecule has 2 aromatic carbocycles. The summed E-state index contributed by atoms with van der Waals surface area (Å²) < 4.78 is 15.9. The second-order valence-electron chi connectivity index (χ2n) is 10.0. The summed E-state index contributed by atoms with van der Waals surface area (Å²) in [5.74, 6) is -2.59. The van der Waals surface area contributed by atoms with E-state index in [1.54, 1.807) is 70.3 Å². The van der Waals surface area contributed by atoms with Crippen molar-refractivity contribution >= 4 is 40.5 Å². The van der Waals surface area contributed by atoms with Crippen LogP contribution in [0.5, 0.6) is 0 Å². The first-order valence-corrected chi connectivity index (χ1v) is 12.6. The van der Waals surface area contributed by atoms with Gasteiger partial charge in [0, 0.05) is 17.1 Å². The number of para-hydroxylation sites is 1. The molecule has 0 saturated carbocycles. The van der Waals surface area contributed by atoms with E-state index < -0.39 is 41.1 Å². The molecule has 0 saturated heterocycles. The van der Waals surface area contributed by atoms with E-state index in [9.17, 15) is 19.2 Å². The number of hydrogen-bond donors (Lipinski definition) is 2. The molecule has 0 bridgehead atoms. The highest BCUT2D eigenvalue weighted by atomic mass is 16.6. The van der Waals surface area contributed by atoms with Gasteiger partial charge in [0.1, 0.15) is 18.2 Å². The van der Waals surface area contributed by atoms with Crippen LogP contribution < -0.4 is 10.2 Å². The number of hydrogen-bond acceptors (Lipinski definition) is 7. The second kappa shape index (κ2) is 12.0. The van der Waals surface area contributed by atoms with E-state index in [0.29, 0.717) is 22.2 Å². The molecule has 10 nitrogen and oxygen atoms in total. The molecule has 0 spiro atoms. The first kappa shape index (κ1) is 29.2. The monoisotopic (exact) mass is 537 g/mol. The normalized spacial score (nSPS) is 13.6. The maximum absolute atomic E-state index is 14.5. The van der Waals surface area contributed by atoms with E-state index in [2.05, 4.69) is 10.3 Å². The molecule has 1 heterocycles. The number of anilines is 1. The van der Waals surface area contributed by atoms with Crippen molar-refractivity contribution in [3.63, 3.8) is 0 Å². The molecule has 0 aliphatic carbocycles. The van der Waals surface area contributed by atoms with Crippen LogP contribution in [0.15, 0.2) is 60.8 Å². The number of carbonyl (C=O) groups excluding carboxylic acids is 4. The van der Waals surface area contributed by atoms with Crippen LogP contribution in [-0.2, 0) is 35.2 Å². The number of amides is 2. The van der Waals surface area contributed by atoms with Gasteiger partial charge in [-0.15, -0.1) is 0 Å². The predicted molar refractivity (Wildman–Crippen MR) is 146 cm³/mol. The molecule has 0 fully saturated rings. The van der Waals surface area contributed by atoms with Crippen molar-refractivity contribution in [2.75, 3.05) is 12.0 Å². The lowest BCUT2D eigenvalue weighted by atomic mass is 9.92. The molecule has 3 rings (SSSR count). The SMILES string of the molecule is CC[C@](NC(=O)OC(C)(C)C)(C(=O)OCc1ccccc1)C(=O)N(c1c[nH]c2ccccc12)C(C)C(=O)OC. The summed E-state index contributed by atoms with van der Waals surface area (Å²) in [7, 11) is 1.21. The third kappa shape index (κ3) is 6.57. The van der Waals surface area contributed by atoms with Gasteiger partial charge in [-0.3, -0.25) is 15.0 Å². The number of methoxy groups -OCH3 is 1. The van der Waals surface area contributed by atoms with Gasteiger partial charge >= 0.3 is 18.0 Å². The van der Waals surface area contributed by atoms with Crippen LogP contribution >= 0.6 is 0 Å². The Bertz CT molecular complexity index is 1330. The summed E-state index contributed by atoms with van der Waals surface area (Å²) in [5.41, 5.74) is -1.41. The van der Waals surface area contributed by atoms with E-state index in [1.165, 1.54) is 14.0 Å². The fourth-order valence-corrected chi connectivity index (χ4v) is 4.13. The van der Waals surface area contributed by atoms with Gasteiger partial charge in [-0.1, -0.05) is 55.5 Å². The number of fused-ring (bicyclic) bond motifs is 1. The molecule has 208 valence electrons. The molecule has 0 radical (unpaired) electrons. The van der Waals surface area contributed by atoms with Crippen molar-refractivity contribution < 1.29 is 33.4 Å². The third-order valence-corrected chi connectivity index (χ3v) is 6.15. The highest BCUT2D eigenvalue weighted by molar-refractivity contribution is 6.19. The summed E-state index contributed by atoms with van der Waals surface area (Å²) in [6, 6.07) is 15.0. The number of nitrogens with one attached hydrogen (secondary N) is 2. The lowest BCUT2D eigenvalue weighted by molar-refractivity contribution is -0.158. The van der Waals surface area contributed by atoms with Crippen LogP contribution in [0.2, 0.25) is 0 Å². The van der Waals surface area contributed by atoms with Crippen molar-refractivity contribution in [1.29, 1.82) is 0 Å². The number of rotatable bonds is 9. The Morgan fingerprint density at radius 1 is 1.00 bits per heavy atom. The Morgan fingerprint density at radius 2 is 1.64 bits per heavy atom. The number of benzene rings is 2. The average Bonchev–Trinajstić information content (AvgIpc) is 3.33. The fraction of sp³-hybridized carbons (Fsp3) is 0.379. The van der Waals surface area contributed by atoms with E-state index in [0.717, 1.165) is 4.90 Å². The molecular formula is C29H35N3O7. The third-order valence-electron chi connectivity index (χ3n) is 6.15. The lowest BCUT2D eigenvalue weighted by Gasteiger charge is -2.37. The zero-order chi connectivity index (χ0) is 28.8. The minimum absolute atomic E-state index is 0.135. The highest BCUT2D eigenvalue weighted by Gasteiger charge is 2.52. The van der Waals surface area contributed by atoms with Crippen molar-refractivity contribution in [3.8, 4) is 0 Å². The smallest absolute Gasteiger partial charge is 0.408 e. The molecule has 3 aromatic rings. The molecule has 2 atom stereocenters. The highest BCUT2D eigenvalue weighted by Crippen LogP contribution is 2.32. The molecule has 2 N–H and O–H groups in total. The Hall–Kier alpha value is -4.34. The largest absolute Gasteiger partial charge is 0.467 e. The van der Waals surface area contributed by atoms with E-state index >= 15 is 0 Å². The zero-order valence-corrected chi connectivity index (χ0v) is 23.1. The molecular weight excluding hydrogens is 502 g/mol. The number of ether oxygens (including phenoxy) is 3. The molecule has 2 amide bonds. The minimum Gasteiger partial charge on any atom is -0.467 e. The number of esters is 2. The fourth-order valence-electron chi connectivity index (χ4n) is 4.13. The average molecular weight is 538 g/mol. The van der Waals surface area contributed by atoms with Crippen LogP contribution in [-0.4, -0.2) is 53.2 Å². The molecule has 1 unspecified atom stereocenters. The number of nitrogens with zero attached hydrogens (tertiary/aromatic N) is 1. The molecule has 1 aromatic heterocycles. The van der Waals surface area contributed by atoms with Crippen molar-refractivity contribution in [1.82, 2.24) is 10.3 Å². The van der Waals surface area contributed by atoms with Crippen molar-refractivity contribution in [3.05, 3.63) is 66.4 Å². The first-order valence-electron chi connectivity index (χ1n) is 12.6. The van der Waals surface area contributed by atoms with Gasteiger partial charge in [-0.2, -0.15) is 0 Å². The van der Waals surface area contributed by atoms with Crippen LogP contribution in [0, 0.1) is 0 Å². The lowest BCUT2D eigenvalue weighted by Crippen LogP contribution is -2.67. The van der Waals surface area contributed by atoms with Gasteiger partial charge in [-0.25, -0.2) is 14.4 Å². The van der Waals surface area contributed by atoms with Gasteiger partial charge in [0.2, 0.25) is 5.54 Å². The van der Waals surface area contributed by atoms with Crippen LogP contribution in [0.1, 0.15) is 46.6 Å². The van der Waals surface area contributed by atoms with E-state index in [4.69, 9.17) is 14.2 Å². The topological polar surface area (TPSA) is 127 Å². The number of carbonyl (C=O) groups is 4. The Morgan fingerprint density at radius 3 is 2.26 bits per heavy atom. The summed E-state index contributed by atoms with van der Waals surface area (Å²) in [6.07, 6.45) is 0.385. The van der Waals surface area contributed by atoms with Gasteiger partial charge in [0.15, 0.2) is 0 Å². The number of aromatic amines is 1. The summed E-state index contributed by atoms with van der Waals surface area (Å²) in [6.45, 7) is 7.89. The van der Waals surface area contributed by atoms with E-state index in [-0.39, 0.29) is 13.0 Å². The Balaban J connectivity index is 2.12. The predicted octanol–water partition coefficient (Wildman–Crippen LogP) is 4.48.